The molecule has 1 aromatic rings. The zero-order chi connectivity index (χ0) is 11.8. The van der Waals surface area contributed by atoms with E-state index in [4.69, 9.17) is 4.74 Å². The van der Waals surface area contributed by atoms with Gasteiger partial charge in [0.1, 0.15) is 0 Å². The van der Waals surface area contributed by atoms with Crippen LogP contribution in [0.1, 0.15) is 13.0 Å². The van der Waals surface area contributed by atoms with Gasteiger partial charge in [-0.3, -0.25) is 0 Å². The van der Waals surface area contributed by atoms with Crippen molar-refractivity contribution >= 4 is 15.6 Å². The summed E-state index contributed by atoms with van der Waals surface area (Å²) in [6, 6.07) is 6.14. The van der Waals surface area contributed by atoms with Crippen molar-refractivity contribution in [2.75, 3.05) is 13.0 Å². The summed E-state index contributed by atoms with van der Waals surface area (Å²) in [5.74, 6) is 0.298. The highest BCUT2D eigenvalue weighted by atomic mass is 32.2. The predicted octanol–water partition coefficient (Wildman–Crippen LogP) is 1.49. The number of sulfone groups is 1. The fourth-order valence-electron chi connectivity index (χ4n) is 1.40. The number of aliphatic hydroxyl groups is 1. The van der Waals surface area contributed by atoms with Gasteiger partial charge in [0.25, 0.3) is 0 Å². The van der Waals surface area contributed by atoms with Crippen LogP contribution in [0.5, 0.6) is 0 Å². The molecule has 0 bridgehead atoms. The molecule has 0 aromatic heterocycles. The van der Waals surface area contributed by atoms with E-state index < -0.39 is 9.84 Å². The molecule has 0 aliphatic carbocycles. The summed E-state index contributed by atoms with van der Waals surface area (Å²) >= 11 is 0. The Labute approximate surface area is 101 Å². The van der Waals surface area contributed by atoms with Crippen LogP contribution in [0.3, 0.4) is 0 Å². The molecule has 6 heteroatoms. The third-order valence-corrected chi connectivity index (χ3v) is 3.34. The minimum atomic E-state index is -3.19. The van der Waals surface area contributed by atoms with Crippen LogP contribution in [0.2, 0.25) is 0 Å². The van der Waals surface area contributed by atoms with Crippen molar-refractivity contribution in [3.05, 3.63) is 35.7 Å². The highest BCUT2D eigenvalue weighted by Gasteiger charge is 2.17. The average Bonchev–Trinajstić information content (AvgIpc) is 2.63. The number of hydrogen-bond acceptors (Lipinski definition) is 5. The lowest BCUT2D eigenvalue weighted by Gasteiger charge is -2.03. The maximum Gasteiger partial charge on any atom is 0.231 e. The molecule has 2 N–H and O–H groups in total. The monoisotopic (exact) mass is 257 g/mol. The van der Waals surface area contributed by atoms with Crippen LogP contribution in [0.15, 0.2) is 35.0 Å². The smallest absolute Gasteiger partial charge is 0.231 e. The van der Waals surface area contributed by atoms with Gasteiger partial charge in [0.15, 0.2) is 22.3 Å². The molecule has 2 rings (SSSR count). The minimum Gasteiger partial charge on any atom is -0.492 e. The molecule has 0 unspecified atom stereocenters. The van der Waals surface area contributed by atoms with Crippen molar-refractivity contribution in [1.29, 1.82) is 0 Å². The molecule has 0 fully saturated rings. The molecule has 0 saturated carbocycles. The number of aliphatic hydroxyl groups excluding tert-OH is 1. The normalized spacial score (nSPS) is 14.9. The number of rotatable bonds is 2. The van der Waals surface area contributed by atoms with E-state index in [1.54, 1.807) is 12.1 Å². The fraction of sp³-hybridized carbons (Fsp3) is 0.273. The van der Waals surface area contributed by atoms with E-state index in [0.29, 0.717) is 11.3 Å². The number of benzene rings is 1. The Kier molecular flexibility index (Phi) is 3.67. The molecule has 0 saturated heterocycles. The molecule has 17 heavy (non-hydrogen) atoms. The summed E-state index contributed by atoms with van der Waals surface area (Å²) in [5, 5.41) is 12.0. The van der Waals surface area contributed by atoms with Gasteiger partial charge in [-0.05, 0) is 24.3 Å². The van der Waals surface area contributed by atoms with Gasteiger partial charge >= 0.3 is 0 Å². The fourth-order valence-corrected chi connectivity index (χ4v) is 2.03. The molecule has 5 nitrogen and oxygen atoms in total. The van der Waals surface area contributed by atoms with E-state index in [1.165, 1.54) is 12.1 Å². The van der Waals surface area contributed by atoms with Crippen molar-refractivity contribution in [3.63, 3.8) is 0 Å². The van der Waals surface area contributed by atoms with Crippen LogP contribution >= 0.6 is 0 Å². The van der Waals surface area contributed by atoms with E-state index >= 15 is 0 Å². The van der Waals surface area contributed by atoms with Crippen LogP contribution in [-0.2, 0) is 14.6 Å². The second kappa shape index (κ2) is 4.67. The largest absolute Gasteiger partial charge is 0.492 e. The van der Waals surface area contributed by atoms with Gasteiger partial charge in [-0.1, -0.05) is 7.43 Å². The molecule has 0 radical (unpaired) electrons. The quantitative estimate of drug-likeness (QED) is 0.839. The lowest BCUT2D eigenvalue weighted by molar-refractivity contribution is 0.285. The van der Waals surface area contributed by atoms with Crippen molar-refractivity contribution < 1.29 is 18.3 Å². The Morgan fingerprint density at radius 2 is 1.88 bits per heavy atom. The molecular weight excluding hydrogens is 242 g/mol. The molecule has 0 atom stereocenters. The summed E-state index contributed by atoms with van der Waals surface area (Å²) in [6.45, 7) is 0.217. The Morgan fingerprint density at radius 3 is 2.29 bits per heavy atom. The first-order valence-corrected chi connectivity index (χ1v) is 6.48. The molecule has 94 valence electrons. The van der Waals surface area contributed by atoms with Crippen molar-refractivity contribution in [2.45, 2.75) is 12.3 Å². The van der Waals surface area contributed by atoms with E-state index in [0.717, 1.165) is 6.26 Å². The maximum atomic E-state index is 11.2. The van der Waals surface area contributed by atoms with Crippen LogP contribution in [-0.4, -0.2) is 26.5 Å². The van der Waals surface area contributed by atoms with Crippen molar-refractivity contribution in [2.24, 2.45) is 0 Å². The van der Waals surface area contributed by atoms with Gasteiger partial charge in [-0.25, -0.2) is 8.42 Å². The summed E-state index contributed by atoms with van der Waals surface area (Å²) in [5.41, 5.74) is 0.634. The highest BCUT2D eigenvalue weighted by Crippen LogP contribution is 2.22. The molecule has 1 heterocycles. The van der Waals surface area contributed by atoms with E-state index in [9.17, 15) is 13.5 Å². The zero-order valence-corrected chi connectivity index (χ0v) is 9.41. The summed E-state index contributed by atoms with van der Waals surface area (Å²) < 4.78 is 27.6. The van der Waals surface area contributed by atoms with E-state index in [2.05, 4.69) is 5.32 Å². The average molecular weight is 257 g/mol. The molecular formula is C11H15NO4S. The Morgan fingerprint density at radius 1 is 1.29 bits per heavy atom. The number of nitrogens with one attached hydrogen (secondary N) is 1. The summed E-state index contributed by atoms with van der Waals surface area (Å²) in [6.07, 6.45) is 1.15. The summed E-state index contributed by atoms with van der Waals surface area (Å²) in [7, 11) is -3.19. The van der Waals surface area contributed by atoms with Crippen LogP contribution in [0, 0.1) is 0 Å². The number of hydrogen-bond donors (Lipinski definition) is 2. The van der Waals surface area contributed by atoms with Gasteiger partial charge < -0.3 is 15.2 Å². The van der Waals surface area contributed by atoms with Gasteiger partial charge in [-0.15, -0.1) is 0 Å². The van der Waals surface area contributed by atoms with Crippen molar-refractivity contribution in [1.82, 2.24) is 5.32 Å². The molecule has 0 spiro atoms. The van der Waals surface area contributed by atoms with Gasteiger partial charge in [0.2, 0.25) is 5.88 Å². The van der Waals surface area contributed by atoms with Crippen LogP contribution in [0.25, 0.3) is 5.76 Å². The first-order valence-electron chi connectivity index (χ1n) is 4.59. The van der Waals surface area contributed by atoms with E-state index in [1.807, 2.05) is 0 Å². The van der Waals surface area contributed by atoms with Crippen molar-refractivity contribution in [3.8, 4) is 0 Å². The molecule has 1 aliphatic heterocycles. The maximum absolute atomic E-state index is 11.2. The SMILES string of the molecule is C.CS(=O)(=O)c1ccc(C2=C(O)NCO2)cc1. The van der Waals surface area contributed by atoms with Crippen LogP contribution in [0.4, 0.5) is 0 Å². The van der Waals surface area contributed by atoms with Gasteiger partial charge in [0.05, 0.1) is 4.90 Å². The first-order chi connectivity index (χ1) is 7.48. The second-order valence-corrected chi connectivity index (χ2v) is 5.46. The Bertz CT molecular complexity index is 531. The molecule has 1 aromatic carbocycles. The lowest BCUT2D eigenvalue weighted by Crippen LogP contribution is -2.06. The Hall–Kier alpha value is -1.69. The predicted molar refractivity (Wildman–Crippen MR) is 64.9 cm³/mol. The Balaban J connectivity index is 0.00000144. The first kappa shape index (κ1) is 13.4. The number of ether oxygens (including phenoxy) is 1. The minimum absolute atomic E-state index is 0. The highest BCUT2D eigenvalue weighted by molar-refractivity contribution is 7.90. The zero-order valence-electron chi connectivity index (χ0n) is 8.60. The topological polar surface area (TPSA) is 75.6 Å². The third kappa shape index (κ3) is 2.71. The van der Waals surface area contributed by atoms with E-state index in [-0.39, 0.29) is 24.9 Å². The van der Waals surface area contributed by atoms with Gasteiger partial charge in [0, 0.05) is 11.8 Å². The summed E-state index contributed by atoms with van der Waals surface area (Å²) in [4.78, 5) is 0.238. The van der Waals surface area contributed by atoms with Crippen LogP contribution < -0.4 is 5.32 Å². The molecule has 0 amide bonds. The third-order valence-electron chi connectivity index (χ3n) is 2.22. The molecule has 1 aliphatic rings. The second-order valence-electron chi connectivity index (χ2n) is 3.44. The lowest BCUT2D eigenvalue weighted by atomic mass is 10.2. The van der Waals surface area contributed by atoms with Gasteiger partial charge in [-0.2, -0.15) is 0 Å². The standard InChI is InChI=1S/C10H11NO4S.CH4/c1-16(13,14)8-4-2-7(3-5-8)9-10(12)11-6-15-9;/h2-5,11-12H,6H2,1H3;1H4.